The highest BCUT2D eigenvalue weighted by Gasteiger charge is 2.00. The van der Waals surface area contributed by atoms with E-state index < -0.39 is 11.9 Å². The molecule has 0 aliphatic rings. The first-order valence-corrected chi connectivity index (χ1v) is 6.33. The Kier molecular flexibility index (Phi) is 15.9. The summed E-state index contributed by atoms with van der Waals surface area (Å²) in [6.45, 7) is 9.04. The zero-order chi connectivity index (χ0) is 15.8. The molecule has 20 heavy (non-hydrogen) atoms. The van der Waals surface area contributed by atoms with Gasteiger partial charge < -0.3 is 19.7 Å². The largest absolute Gasteiger partial charge is 0.463 e. The van der Waals surface area contributed by atoms with E-state index in [-0.39, 0.29) is 19.8 Å². The lowest BCUT2D eigenvalue weighted by Gasteiger charge is -2.00. The molecule has 2 N–H and O–H groups in total. The monoisotopic (exact) mass is 288 g/mol. The molecule has 0 fully saturated rings. The number of unbranched alkanes of at least 4 members (excludes halogenated alkanes) is 1. The highest BCUT2D eigenvalue weighted by atomic mass is 16.5. The van der Waals surface area contributed by atoms with Gasteiger partial charge in [0.2, 0.25) is 0 Å². The normalized spacial score (nSPS) is 8.95. The van der Waals surface area contributed by atoms with Crippen molar-refractivity contribution in [1.29, 1.82) is 0 Å². The lowest BCUT2D eigenvalue weighted by molar-refractivity contribution is -0.139. The minimum Gasteiger partial charge on any atom is -0.463 e. The van der Waals surface area contributed by atoms with Crippen LogP contribution in [0, 0.1) is 0 Å². The molecule has 0 unspecified atom stereocenters. The highest BCUT2D eigenvalue weighted by molar-refractivity contribution is 5.86. The molecule has 0 heterocycles. The van der Waals surface area contributed by atoms with Crippen LogP contribution in [0.15, 0.2) is 24.8 Å². The molecule has 0 amide bonds. The lowest BCUT2D eigenvalue weighted by atomic mass is 10.3. The van der Waals surface area contributed by atoms with E-state index in [1.165, 1.54) is 0 Å². The molecule has 116 valence electrons. The summed E-state index contributed by atoms with van der Waals surface area (Å²) in [7, 11) is 0. The van der Waals surface area contributed by atoms with Gasteiger partial charge in [-0.15, -0.1) is 0 Å². The van der Waals surface area contributed by atoms with Gasteiger partial charge in [-0.2, -0.15) is 0 Å². The molecule has 0 radical (unpaired) electrons. The van der Waals surface area contributed by atoms with E-state index in [1.807, 2.05) is 0 Å². The molecule has 0 saturated heterocycles. The van der Waals surface area contributed by atoms with E-state index >= 15 is 0 Å². The molecule has 0 aliphatic carbocycles. The summed E-state index contributed by atoms with van der Waals surface area (Å²) >= 11 is 0. The van der Waals surface area contributed by atoms with E-state index in [2.05, 4.69) is 22.6 Å². The summed E-state index contributed by atoms with van der Waals surface area (Å²) in [5, 5.41) is 16.6. The van der Waals surface area contributed by atoms with E-state index in [9.17, 15) is 9.59 Å². The van der Waals surface area contributed by atoms with Gasteiger partial charge >= 0.3 is 11.9 Å². The SMILES string of the molecule is C=C(C)C(=O)OCCCO.C=CC(=O)OCCCCO. The molecule has 0 aromatic heterocycles. The van der Waals surface area contributed by atoms with Gasteiger partial charge in [0, 0.05) is 31.3 Å². The number of aliphatic hydroxyl groups excluding tert-OH is 2. The molecule has 0 bridgehead atoms. The van der Waals surface area contributed by atoms with Gasteiger partial charge in [-0.3, -0.25) is 0 Å². The zero-order valence-corrected chi connectivity index (χ0v) is 12.0. The van der Waals surface area contributed by atoms with Crippen LogP contribution in [0.1, 0.15) is 26.2 Å². The molecular weight excluding hydrogens is 264 g/mol. The topological polar surface area (TPSA) is 93.1 Å². The van der Waals surface area contributed by atoms with Crippen molar-refractivity contribution in [2.24, 2.45) is 0 Å². The van der Waals surface area contributed by atoms with Crippen LogP contribution in [0.25, 0.3) is 0 Å². The van der Waals surface area contributed by atoms with Crippen LogP contribution >= 0.6 is 0 Å². The second-order valence-corrected chi connectivity index (χ2v) is 3.80. The fraction of sp³-hybridized carbons (Fsp3) is 0.571. The molecule has 0 rings (SSSR count). The third kappa shape index (κ3) is 16.3. The third-order valence-corrected chi connectivity index (χ3v) is 1.85. The quantitative estimate of drug-likeness (QED) is 0.373. The van der Waals surface area contributed by atoms with Crippen LogP contribution in [-0.2, 0) is 19.1 Å². The van der Waals surface area contributed by atoms with E-state index in [0.29, 0.717) is 31.4 Å². The maximum Gasteiger partial charge on any atom is 0.333 e. The van der Waals surface area contributed by atoms with Crippen LogP contribution in [0.5, 0.6) is 0 Å². The van der Waals surface area contributed by atoms with Crippen molar-refractivity contribution in [2.45, 2.75) is 26.2 Å². The zero-order valence-electron chi connectivity index (χ0n) is 12.0. The third-order valence-electron chi connectivity index (χ3n) is 1.85. The van der Waals surface area contributed by atoms with Gasteiger partial charge in [0.05, 0.1) is 13.2 Å². The second kappa shape index (κ2) is 15.4. The van der Waals surface area contributed by atoms with E-state index in [1.54, 1.807) is 6.92 Å². The molecule has 0 saturated carbocycles. The van der Waals surface area contributed by atoms with Crippen LogP contribution < -0.4 is 0 Å². The average Bonchev–Trinajstić information content (AvgIpc) is 2.44. The van der Waals surface area contributed by atoms with Gasteiger partial charge in [0.25, 0.3) is 0 Å². The first-order chi connectivity index (χ1) is 9.49. The minimum atomic E-state index is -0.405. The number of carbonyl (C=O) groups excluding carboxylic acids is 2. The Hall–Kier alpha value is -1.66. The predicted octanol–water partition coefficient (Wildman–Crippen LogP) is 0.976. The first kappa shape index (κ1) is 20.7. The Bertz CT molecular complexity index is 296. The molecule has 0 aromatic rings. The molecule has 6 heteroatoms. The van der Waals surface area contributed by atoms with Crippen LogP contribution in [0.2, 0.25) is 0 Å². The van der Waals surface area contributed by atoms with Gasteiger partial charge in [0.1, 0.15) is 0 Å². The Balaban J connectivity index is 0. The number of hydrogen-bond acceptors (Lipinski definition) is 6. The maximum absolute atomic E-state index is 10.6. The number of carbonyl (C=O) groups is 2. The number of esters is 2. The summed E-state index contributed by atoms with van der Waals surface area (Å²) in [4.78, 5) is 21.0. The van der Waals surface area contributed by atoms with Crippen molar-refractivity contribution in [2.75, 3.05) is 26.4 Å². The Labute approximate surface area is 119 Å². The van der Waals surface area contributed by atoms with Crippen molar-refractivity contribution in [3.63, 3.8) is 0 Å². The molecule has 0 aromatic carbocycles. The predicted molar refractivity (Wildman–Crippen MR) is 75.0 cm³/mol. The van der Waals surface area contributed by atoms with Crippen molar-refractivity contribution < 1.29 is 29.3 Å². The Morgan fingerprint density at radius 3 is 2.05 bits per heavy atom. The standard InChI is InChI=1S/2C7H12O3/c1-6(2)7(9)10-5-3-4-8;1-2-7(9)10-6-4-3-5-8/h8H,1,3-5H2,2H3;2,8H,1,3-6H2. The van der Waals surface area contributed by atoms with Gasteiger partial charge in [-0.25, -0.2) is 9.59 Å². The summed E-state index contributed by atoms with van der Waals surface area (Å²) < 4.78 is 9.27. The van der Waals surface area contributed by atoms with E-state index in [0.717, 1.165) is 6.08 Å². The number of rotatable bonds is 9. The van der Waals surface area contributed by atoms with Crippen molar-refractivity contribution in [1.82, 2.24) is 0 Å². The first-order valence-electron chi connectivity index (χ1n) is 6.33. The minimum absolute atomic E-state index is 0.0451. The fourth-order valence-electron chi connectivity index (χ4n) is 0.798. The number of ether oxygens (including phenoxy) is 2. The van der Waals surface area contributed by atoms with Crippen molar-refractivity contribution in [3.8, 4) is 0 Å². The molecule has 0 spiro atoms. The van der Waals surface area contributed by atoms with Gasteiger partial charge in [0.15, 0.2) is 0 Å². The molecule has 0 aliphatic heterocycles. The van der Waals surface area contributed by atoms with Crippen molar-refractivity contribution in [3.05, 3.63) is 24.8 Å². The summed E-state index contributed by atoms with van der Waals surface area (Å²) in [6.07, 6.45) is 2.98. The van der Waals surface area contributed by atoms with Gasteiger partial charge in [-0.05, 0) is 19.8 Å². The Morgan fingerprint density at radius 2 is 1.60 bits per heavy atom. The Morgan fingerprint density at radius 1 is 1.05 bits per heavy atom. The van der Waals surface area contributed by atoms with E-state index in [4.69, 9.17) is 10.2 Å². The molecule has 0 atom stereocenters. The van der Waals surface area contributed by atoms with Crippen LogP contribution in [-0.4, -0.2) is 48.6 Å². The number of hydrogen-bond donors (Lipinski definition) is 2. The molecule has 6 nitrogen and oxygen atoms in total. The van der Waals surface area contributed by atoms with Crippen LogP contribution in [0.3, 0.4) is 0 Å². The maximum atomic E-state index is 10.6. The summed E-state index contributed by atoms with van der Waals surface area (Å²) in [5.74, 6) is -0.800. The van der Waals surface area contributed by atoms with Crippen LogP contribution in [0.4, 0.5) is 0 Å². The number of aliphatic hydroxyl groups is 2. The second-order valence-electron chi connectivity index (χ2n) is 3.80. The molecular formula is C14H24O6. The summed E-state index contributed by atoms with van der Waals surface area (Å²) in [5.41, 5.74) is 0.387. The summed E-state index contributed by atoms with van der Waals surface area (Å²) in [6, 6.07) is 0. The average molecular weight is 288 g/mol. The smallest absolute Gasteiger partial charge is 0.333 e. The van der Waals surface area contributed by atoms with Gasteiger partial charge in [-0.1, -0.05) is 13.2 Å². The van der Waals surface area contributed by atoms with Crippen molar-refractivity contribution >= 4 is 11.9 Å². The fourth-order valence-corrected chi connectivity index (χ4v) is 0.798. The highest BCUT2D eigenvalue weighted by Crippen LogP contribution is 1.92. The lowest BCUT2D eigenvalue weighted by Crippen LogP contribution is -2.06.